The van der Waals surface area contributed by atoms with Crippen LogP contribution in [0.1, 0.15) is 5.69 Å². The fourth-order valence-electron chi connectivity index (χ4n) is 2.88. The van der Waals surface area contributed by atoms with E-state index in [2.05, 4.69) is 17.1 Å². The third-order valence-corrected chi connectivity index (χ3v) is 5.13. The lowest BCUT2D eigenvalue weighted by atomic mass is 10.0. The van der Waals surface area contributed by atoms with Crippen LogP contribution in [0.4, 0.5) is 0 Å². The largest absolute Gasteiger partial charge is 0.481 e. The third-order valence-electron chi connectivity index (χ3n) is 4.19. The zero-order chi connectivity index (χ0) is 19.3. The number of para-hydroxylation sites is 1. The standard InChI is InChI=1S/C23H17NO3S/c25-22(26)14-18-15-28-23(24-18)17-10-12-19(13-11-17)27-21-9-5-4-8-20(21)16-6-2-1-3-7-16/h1-13,15H,14H2,(H,25,26). The van der Waals surface area contributed by atoms with E-state index in [1.807, 2.05) is 66.7 Å². The van der Waals surface area contributed by atoms with Crippen molar-refractivity contribution in [2.24, 2.45) is 0 Å². The summed E-state index contributed by atoms with van der Waals surface area (Å²) in [6.45, 7) is 0. The molecule has 0 aliphatic heterocycles. The Kier molecular flexibility index (Phi) is 5.17. The summed E-state index contributed by atoms with van der Waals surface area (Å²) in [5.74, 6) is 0.645. The van der Waals surface area contributed by atoms with Crippen molar-refractivity contribution in [1.82, 2.24) is 4.98 Å². The zero-order valence-corrected chi connectivity index (χ0v) is 15.7. The Morgan fingerprint density at radius 3 is 2.36 bits per heavy atom. The van der Waals surface area contributed by atoms with Crippen molar-refractivity contribution >= 4 is 17.3 Å². The molecule has 0 atom stereocenters. The second-order valence-corrected chi connectivity index (χ2v) is 7.06. The number of hydrogen-bond donors (Lipinski definition) is 1. The minimum absolute atomic E-state index is 0.0615. The lowest BCUT2D eigenvalue weighted by Crippen LogP contribution is -1.99. The molecule has 0 unspecified atom stereocenters. The average molecular weight is 387 g/mol. The molecule has 0 spiro atoms. The molecule has 0 saturated carbocycles. The van der Waals surface area contributed by atoms with E-state index >= 15 is 0 Å². The van der Waals surface area contributed by atoms with Gasteiger partial charge in [-0.05, 0) is 35.9 Å². The molecule has 0 saturated heterocycles. The van der Waals surface area contributed by atoms with Gasteiger partial charge in [-0.3, -0.25) is 4.79 Å². The molecule has 1 heterocycles. The topological polar surface area (TPSA) is 59.4 Å². The van der Waals surface area contributed by atoms with Crippen molar-refractivity contribution in [1.29, 1.82) is 0 Å². The molecule has 4 aromatic rings. The van der Waals surface area contributed by atoms with E-state index in [-0.39, 0.29) is 6.42 Å². The van der Waals surface area contributed by atoms with Crippen LogP contribution >= 0.6 is 11.3 Å². The van der Waals surface area contributed by atoms with E-state index in [0.717, 1.165) is 33.2 Å². The lowest BCUT2D eigenvalue weighted by molar-refractivity contribution is -0.136. The summed E-state index contributed by atoms with van der Waals surface area (Å²) in [5.41, 5.74) is 3.64. The normalized spacial score (nSPS) is 10.6. The molecule has 1 N–H and O–H groups in total. The van der Waals surface area contributed by atoms with Crippen molar-refractivity contribution in [3.63, 3.8) is 0 Å². The Bertz CT molecular complexity index is 1090. The Morgan fingerprint density at radius 1 is 0.893 bits per heavy atom. The van der Waals surface area contributed by atoms with Gasteiger partial charge in [-0.2, -0.15) is 0 Å². The Labute approximate surface area is 166 Å². The first-order valence-corrected chi connectivity index (χ1v) is 9.66. The van der Waals surface area contributed by atoms with Crippen LogP contribution < -0.4 is 4.74 Å². The number of carboxylic acid groups (broad SMARTS) is 1. The molecular weight excluding hydrogens is 370 g/mol. The summed E-state index contributed by atoms with van der Waals surface area (Å²) in [4.78, 5) is 15.2. The molecule has 1 aromatic heterocycles. The van der Waals surface area contributed by atoms with Gasteiger partial charge >= 0.3 is 5.97 Å². The maximum atomic E-state index is 10.8. The number of aliphatic carboxylic acids is 1. The number of benzene rings is 3. The molecule has 0 aliphatic rings. The molecule has 138 valence electrons. The second kappa shape index (κ2) is 8.06. The predicted octanol–water partition coefficient (Wildman–Crippen LogP) is 5.90. The zero-order valence-electron chi connectivity index (χ0n) is 14.9. The summed E-state index contributed by atoms with van der Waals surface area (Å²) in [6.07, 6.45) is -0.0615. The number of aromatic nitrogens is 1. The Hall–Kier alpha value is -3.44. The first kappa shape index (κ1) is 17.9. The summed E-state index contributed by atoms with van der Waals surface area (Å²) in [7, 11) is 0. The number of hydrogen-bond acceptors (Lipinski definition) is 4. The van der Waals surface area contributed by atoms with E-state index in [9.17, 15) is 4.79 Å². The molecule has 28 heavy (non-hydrogen) atoms. The molecule has 4 rings (SSSR count). The van der Waals surface area contributed by atoms with Crippen molar-refractivity contribution in [2.75, 3.05) is 0 Å². The first-order chi connectivity index (χ1) is 13.7. The molecule has 4 nitrogen and oxygen atoms in total. The summed E-state index contributed by atoms with van der Waals surface area (Å²) >= 11 is 1.44. The van der Waals surface area contributed by atoms with Crippen LogP contribution in [-0.2, 0) is 11.2 Å². The van der Waals surface area contributed by atoms with Crippen LogP contribution in [-0.4, -0.2) is 16.1 Å². The highest BCUT2D eigenvalue weighted by Crippen LogP contribution is 2.34. The Balaban J connectivity index is 1.55. The van der Waals surface area contributed by atoms with E-state index in [1.165, 1.54) is 11.3 Å². The first-order valence-electron chi connectivity index (χ1n) is 8.78. The van der Waals surface area contributed by atoms with Crippen molar-refractivity contribution in [3.05, 3.63) is 89.9 Å². The predicted molar refractivity (Wildman–Crippen MR) is 111 cm³/mol. The highest BCUT2D eigenvalue weighted by molar-refractivity contribution is 7.13. The minimum Gasteiger partial charge on any atom is -0.481 e. The summed E-state index contributed by atoms with van der Waals surface area (Å²) in [5, 5.41) is 11.5. The van der Waals surface area contributed by atoms with E-state index in [0.29, 0.717) is 5.69 Å². The molecule has 0 amide bonds. The molecule has 0 fully saturated rings. The highest BCUT2D eigenvalue weighted by atomic mass is 32.1. The van der Waals surface area contributed by atoms with Crippen LogP contribution in [0.5, 0.6) is 11.5 Å². The van der Waals surface area contributed by atoms with Crippen molar-refractivity contribution in [2.45, 2.75) is 6.42 Å². The number of ether oxygens (including phenoxy) is 1. The minimum atomic E-state index is -0.877. The SMILES string of the molecule is O=C(O)Cc1csc(-c2ccc(Oc3ccccc3-c3ccccc3)cc2)n1. The van der Waals surface area contributed by atoms with Crippen LogP contribution in [0.25, 0.3) is 21.7 Å². The van der Waals surface area contributed by atoms with Gasteiger partial charge in [0, 0.05) is 16.5 Å². The van der Waals surface area contributed by atoms with E-state index in [4.69, 9.17) is 9.84 Å². The maximum absolute atomic E-state index is 10.8. The fraction of sp³-hybridized carbons (Fsp3) is 0.0435. The third kappa shape index (κ3) is 4.10. The van der Waals surface area contributed by atoms with Gasteiger partial charge in [0.05, 0.1) is 12.1 Å². The number of rotatable bonds is 6. The monoisotopic (exact) mass is 387 g/mol. The van der Waals surface area contributed by atoms with E-state index in [1.54, 1.807) is 5.38 Å². The van der Waals surface area contributed by atoms with Crippen LogP contribution in [0.2, 0.25) is 0 Å². The summed E-state index contributed by atoms with van der Waals surface area (Å²) < 4.78 is 6.12. The lowest BCUT2D eigenvalue weighted by Gasteiger charge is -2.11. The van der Waals surface area contributed by atoms with Crippen LogP contribution in [0.15, 0.2) is 84.2 Å². The van der Waals surface area contributed by atoms with Gasteiger partial charge in [0.2, 0.25) is 0 Å². The van der Waals surface area contributed by atoms with Crippen LogP contribution in [0, 0.1) is 0 Å². The molecule has 0 aliphatic carbocycles. The van der Waals surface area contributed by atoms with E-state index < -0.39 is 5.97 Å². The molecular formula is C23H17NO3S. The Morgan fingerprint density at radius 2 is 1.61 bits per heavy atom. The molecule has 5 heteroatoms. The molecule has 0 bridgehead atoms. The summed E-state index contributed by atoms with van der Waals surface area (Å²) in [6, 6.07) is 25.7. The van der Waals surface area contributed by atoms with Gasteiger partial charge in [-0.25, -0.2) is 4.98 Å². The quantitative estimate of drug-likeness (QED) is 0.448. The van der Waals surface area contributed by atoms with Gasteiger partial charge in [-0.15, -0.1) is 11.3 Å². The fourth-order valence-corrected chi connectivity index (χ4v) is 3.71. The number of carboxylic acids is 1. The van der Waals surface area contributed by atoms with Gasteiger partial charge in [0.1, 0.15) is 16.5 Å². The number of nitrogens with zero attached hydrogens (tertiary/aromatic N) is 1. The smallest absolute Gasteiger partial charge is 0.309 e. The van der Waals surface area contributed by atoms with Gasteiger partial charge in [0.25, 0.3) is 0 Å². The van der Waals surface area contributed by atoms with Crippen LogP contribution in [0.3, 0.4) is 0 Å². The van der Waals surface area contributed by atoms with Gasteiger partial charge in [0.15, 0.2) is 0 Å². The number of thiazole rings is 1. The molecule has 3 aromatic carbocycles. The number of carbonyl (C=O) groups is 1. The van der Waals surface area contributed by atoms with Crippen molar-refractivity contribution in [3.8, 4) is 33.2 Å². The highest BCUT2D eigenvalue weighted by Gasteiger charge is 2.10. The maximum Gasteiger partial charge on any atom is 0.309 e. The van der Waals surface area contributed by atoms with Gasteiger partial charge < -0.3 is 9.84 Å². The molecule has 0 radical (unpaired) electrons. The van der Waals surface area contributed by atoms with Crippen molar-refractivity contribution < 1.29 is 14.6 Å². The van der Waals surface area contributed by atoms with Gasteiger partial charge in [-0.1, -0.05) is 48.5 Å². The second-order valence-electron chi connectivity index (χ2n) is 6.20. The average Bonchev–Trinajstić information content (AvgIpc) is 3.17.